The molecule has 3 heteroatoms. The van der Waals surface area contributed by atoms with Gasteiger partial charge in [0.15, 0.2) is 0 Å². The van der Waals surface area contributed by atoms with Crippen LogP contribution in [0.15, 0.2) is 36.4 Å². The lowest BCUT2D eigenvalue weighted by Crippen LogP contribution is -2.31. The topological polar surface area (TPSA) is 46.2 Å². The molecule has 4 rings (SSSR count). The van der Waals surface area contributed by atoms with Gasteiger partial charge in [-0.3, -0.25) is 14.9 Å². The summed E-state index contributed by atoms with van der Waals surface area (Å²) in [7, 11) is 0. The van der Waals surface area contributed by atoms with E-state index in [-0.39, 0.29) is 11.8 Å². The highest BCUT2D eigenvalue weighted by molar-refractivity contribution is 6.18. The molecule has 2 heterocycles. The van der Waals surface area contributed by atoms with E-state index in [2.05, 4.69) is 5.32 Å². The Kier molecular flexibility index (Phi) is 1.45. The Morgan fingerprint density at radius 2 is 1.80 bits per heavy atom. The molecule has 0 unspecified atom stereocenters. The molecule has 0 spiro atoms. The van der Waals surface area contributed by atoms with Crippen molar-refractivity contribution in [1.82, 2.24) is 5.32 Å². The van der Waals surface area contributed by atoms with Crippen molar-refractivity contribution >= 4 is 22.6 Å². The largest absolute Gasteiger partial charge is 0.288 e. The summed E-state index contributed by atoms with van der Waals surface area (Å²) in [4.78, 5) is 23.2. The Bertz CT molecular complexity index is 602. The molecule has 0 aliphatic carbocycles. The van der Waals surface area contributed by atoms with Crippen LogP contribution in [0.4, 0.5) is 0 Å². The molecule has 4 bridgehead atoms. The summed E-state index contributed by atoms with van der Waals surface area (Å²) in [5, 5.41) is 4.14. The van der Waals surface area contributed by atoms with E-state index < -0.39 is 0 Å². The van der Waals surface area contributed by atoms with Crippen molar-refractivity contribution in [3.8, 4) is 0 Å². The summed E-state index contributed by atoms with van der Waals surface area (Å²) in [5.74, 6) is -0.666. The number of hydrogen-bond donors (Lipinski definition) is 1. The second-order valence-electron chi connectivity index (χ2n) is 3.52. The Balaban J connectivity index is 2.52. The second kappa shape index (κ2) is 2.67. The molecular formula is C12H7NO2. The minimum absolute atomic E-state index is 0.327. The lowest BCUT2D eigenvalue weighted by molar-refractivity contribution is 0.0849. The summed E-state index contributed by atoms with van der Waals surface area (Å²) in [6.07, 6.45) is 0. The van der Waals surface area contributed by atoms with Crippen LogP contribution in [0.2, 0.25) is 0 Å². The van der Waals surface area contributed by atoms with Gasteiger partial charge < -0.3 is 0 Å². The van der Waals surface area contributed by atoms with E-state index in [1.807, 2.05) is 18.2 Å². The molecule has 2 aromatic carbocycles. The van der Waals surface area contributed by atoms with Gasteiger partial charge in [-0.15, -0.1) is 0 Å². The first-order chi connectivity index (χ1) is 7.25. The predicted molar refractivity (Wildman–Crippen MR) is 55.7 cm³/mol. The third-order valence-electron chi connectivity index (χ3n) is 2.61. The third-order valence-corrected chi connectivity index (χ3v) is 2.61. The van der Waals surface area contributed by atoms with Crippen molar-refractivity contribution < 1.29 is 9.59 Å². The maximum atomic E-state index is 11.6. The van der Waals surface area contributed by atoms with Gasteiger partial charge in [-0.2, -0.15) is 0 Å². The monoisotopic (exact) mass is 197 g/mol. The molecule has 72 valence electrons. The average Bonchev–Trinajstić information content (AvgIpc) is 2.26. The first-order valence-corrected chi connectivity index (χ1v) is 4.64. The van der Waals surface area contributed by atoms with Crippen molar-refractivity contribution in [3.63, 3.8) is 0 Å². The van der Waals surface area contributed by atoms with Gasteiger partial charge in [0.25, 0.3) is 11.8 Å². The van der Waals surface area contributed by atoms with Crippen LogP contribution in [0, 0.1) is 0 Å². The van der Waals surface area contributed by atoms with Gasteiger partial charge in [-0.25, -0.2) is 0 Å². The fourth-order valence-electron chi connectivity index (χ4n) is 1.87. The molecule has 2 aliphatic rings. The minimum Gasteiger partial charge on any atom is -0.288 e. The Labute approximate surface area is 85.7 Å². The minimum atomic E-state index is -0.339. The molecule has 0 aromatic heterocycles. The molecule has 3 nitrogen and oxygen atoms in total. The number of imide groups is 1. The number of nitrogens with one attached hydrogen (secondary N) is 1. The summed E-state index contributed by atoms with van der Waals surface area (Å²) < 4.78 is 0. The molecule has 2 amide bonds. The molecule has 0 atom stereocenters. The highest BCUT2D eigenvalue weighted by Gasteiger charge is 2.18. The van der Waals surface area contributed by atoms with E-state index >= 15 is 0 Å². The summed E-state index contributed by atoms with van der Waals surface area (Å²) in [6.45, 7) is 0. The molecular weight excluding hydrogens is 190 g/mol. The van der Waals surface area contributed by atoms with E-state index in [4.69, 9.17) is 0 Å². The summed E-state index contributed by atoms with van der Waals surface area (Å²) in [6, 6.07) is 10.8. The van der Waals surface area contributed by atoms with Gasteiger partial charge in [0.1, 0.15) is 0 Å². The fourth-order valence-corrected chi connectivity index (χ4v) is 1.87. The van der Waals surface area contributed by atoms with E-state index in [1.165, 1.54) is 0 Å². The maximum Gasteiger partial charge on any atom is 0.258 e. The zero-order chi connectivity index (χ0) is 10.4. The smallest absolute Gasteiger partial charge is 0.258 e. The number of hydrogen-bond acceptors (Lipinski definition) is 2. The molecule has 0 saturated heterocycles. The van der Waals surface area contributed by atoms with E-state index in [1.54, 1.807) is 18.2 Å². The first-order valence-electron chi connectivity index (χ1n) is 4.64. The van der Waals surface area contributed by atoms with Crippen LogP contribution in [0.1, 0.15) is 20.7 Å². The van der Waals surface area contributed by atoms with E-state index in [9.17, 15) is 9.59 Å². The molecule has 15 heavy (non-hydrogen) atoms. The number of carbonyl (C=O) groups excluding carboxylic acids is 2. The van der Waals surface area contributed by atoms with Gasteiger partial charge in [-0.1, -0.05) is 18.2 Å². The Morgan fingerprint density at radius 1 is 0.933 bits per heavy atom. The number of amides is 2. The lowest BCUT2D eigenvalue weighted by atomic mass is 9.99. The zero-order valence-electron chi connectivity index (χ0n) is 7.78. The van der Waals surface area contributed by atoms with Crippen LogP contribution in [0.3, 0.4) is 0 Å². The van der Waals surface area contributed by atoms with E-state index in [0.29, 0.717) is 11.1 Å². The van der Waals surface area contributed by atoms with Crippen molar-refractivity contribution in [2.24, 2.45) is 0 Å². The van der Waals surface area contributed by atoms with Crippen LogP contribution in [-0.4, -0.2) is 11.8 Å². The highest BCUT2D eigenvalue weighted by atomic mass is 16.2. The standard InChI is InChI=1S/C12H7NO2/c14-11-8-4-5-9-7(6-8)2-1-3-10(9)12(15)13-11/h1-6H,(H,13,14,15). The summed E-state index contributed by atoms with van der Waals surface area (Å²) in [5.41, 5.74) is 1.07. The van der Waals surface area contributed by atoms with Gasteiger partial charge in [0, 0.05) is 11.1 Å². The van der Waals surface area contributed by atoms with Gasteiger partial charge in [0.2, 0.25) is 0 Å². The number of benzene rings is 2. The van der Waals surface area contributed by atoms with Crippen molar-refractivity contribution in [1.29, 1.82) is 0 Å². The molecule has 1 N–H and O–H groups in total. The molecule has 0 fully saturated rings. The Hall–Kier alpha value is -2.16. The quantitative estimate of drug-likeness (QED) is 0.653. The van der Waals surface area contributed by atoms with Crippen LogP contribution >= 0.6 is 0 Å². The number of carbonyl (C=O) groups is 2. The molecule has 2 aromatic rings. The fraction of sp³-hybridized carbons (Fsp3) is 0. The number of fused-ring (bicyclic) bond motifs is 3. The number of rotatable bonds is 0. The van der Waals surface area contributed by atoms with Crippen molar-refractivity contribution in [2.75, 3.05) is 0 Å². The van der Waals surface area contributed by atoms with Crippen LogP contribution in [0.25, 0.3) is 10.8 Å². The zero-order valence-corrected chi connectivity index (χ0v) is 7.78. The average molecular weight is 197 g/mol. The SMILES string of the molecule is O=C1NC(=O)c2cccc3cc1ccc23. The van der Waals surface area contributed by atoms with Gasteiger partial charge >= 0.3 is 0 Å². The molecule has 0 saturated carbocycles. The van der Waals surface area contributed by atoms with Crippen molar-refractivity contribution in [2.45, 2.75) is 0 Å². The van der Waals surface area contributed by atoms with Crippen molar-refractivity contribution in [3.05, 3.63) is 47.5 Å². The predicted octanol–water partition coefficient (Wildman–Crippen LogP) is 1.72. The highest BCUT2D eigenvalue weighted by Crippen LogP contribution is 2.22. The first kappa shape index (κ1) is 8.17. The van der Waals surface area contributed by atoms with Crippen LogP contribution in [0.5, 0.6) is 0 Å². The third kappa shape index (κ3) is 1.06. The van der Waals surface area contributed by atoms with E-state index in [0.717, 1.165) is 10.8 Å². The lowest BCUT2D eigenvalue weighted by Gasteiger charge is -2.12. The second-order valence-corrected chi connectivity index (χ2v) is 3.52. The normalized spacial score (nSPS) is 14.1. The molecule has 0 radical (unpaired) electrons. The Morgan fingerprint density at radius 3 is 2.67 bits per heavy atom. The van der Waals surface area contributed by atoms with Gasteiger partial charge in [-0.05, 0) is 29.0 Å². The van der Waals surface area contributed by atoms with Gasteiger partial charge in [0.05, 0.1) is 0 Å². The maximum absolute atomic E-state index is 11.6. The molecule has 2 aliphatic heterocycles. The summed E-state index contributed by atoms with van der Waals surface area (Å²) >= 11 is 0. The van der Waals surface area contributed by atoms with Crippen LogP contribution < -0.4 is 5.32 Å². The van der Waals surface area contributed by atoms with Crippen LogP contribution in [-0.2, 0) is 0 Å².